The van der Waals surface area contributed by atoms with Crippen LogP contribution in [0, 0.1) is 11.8 Å². The standard InChI is InChI=1S/C15H30N2/c1-4-17(14-6-5-9-16-11-14)15-10-12(2)7-8-13(15)3/h12-16H,4-11H2,1-3H3. The molecular formula is C15H30N2. The van der Waals surface area contributed by atoms with E-state index in [-0.39, 0.29) is 0 Å². The number of hydrogen-bond acceptors (Lipinski definition) is 2. The van der Waals surface area contributed by atoms with Crippen LogP contribution in [0.15, 0.2) is 0 Å². The van der Waals surface area contributed by atoms with Gasteiger partial charge in [0, 0.05) is 18.6 Å². The quantitative estimate of drug-likeness (QED) is 0.813. The van der Waals surface area contributed by atoms with Crippen LogP contribution in [0.1, 0.15) is 52.9 Å². The summed E-state index contributed by atoms with van der Waals surface area (Å²) in [7, 11) is 0. The topological polar surface area (TPSA) is 15.3 Å². The van der Waals surface area contributed by atoms with Crippen LogP contribution in [-0.2, 0) is 0 Å². The van der Waals surface area contributed by atoms with E-state index in [1.54, 1.807) is 0 Å². The van der Waals surface area contributed by atoms with E-state index in [4.69, 9.17) is 0 Å². The molecule has 0 amide bonds. The Morgan fingerprint density at radius 1 is 1.18 bits per heavy atom. The van der Waals surface area contributed by atoms with Crippen LogP contribution in [0.5, 0.6) is 0 Å². The van der Waals surface area contributed by atoms with Crippen molar-refractivity contribution >= 4 is 0 Å². The number of piperidine rings is 1. The summed E-state index contributed by atoms with van der Waals surface area (Å²) in [4.78, 5) is 2.81. The maximum absolute atomic E-state index is 3.57. The van der Waals surface area contributed by atoms with Crippen molar-refractivity contribution in [2.45, 2.75) is 65.0 Å². The van der Waals surface area contributed by atoms with E-state index >= 15 is 0 Å². The second kappa shape index (κ2) is 6.19. The van der Waals surface area contributed by atoms with E-state index in [1.165, 1.54) is 51.7 Å². The molecule has 2 aliphatic rings. The Bertz CT molecular complexity index is 223. The molecule has 100 valence electrons. The molecule has 1 saturated carbocycles. The number of hydrogen-bond donors (Lipinski definition) is 1. The Morgan fingerprint density at radius 2 is 2.00 bits per heavy atom. The minimum Gasteiger partial charge on any atom is -0.315 e. The zero-order valence-electron chi connectivity index (χ0n) is 11.9. The maximum Gasteiger partial charge on any atom is 0.0224 e. The second-order valence-electron chi connectivity index (χ2n) is 6.29. The van der Waals surface area contributed by atoms with Crippen LogP contribution in [-0.4, -0.2) is 36.6 Å². The van der Waals surface area contributed by atoms with Gasteiger partial charge in [-0.1, -0.05) is 27.2 Å². The molecule has 0 aromatic rings. The summed E-state index contributed by atoms with van der Waals surface area (Å²) in [6.07, 6.45) is 7.06. The molecule has 4 atom stereocenters. The van der Waals surface area contributed by atoms with Gasteiger partial charge in [0.25, 0.3) is 0 Å². The third-order valence-electron chi connectivity index (χ3n) is 4.95. The summed E-state index contributed by atoms with van der Waals surface area (Å²) < 4.78 is 0. The van der Waals surface area contributed by atoms with Crippen molar-refractivity contribution in [2.24, 2.45) is 11.8 Å². The van der Waals surface area contributed by atoms with Crippen LogP contribution in [0.25, 0.3) is 0 Å². The molecule has 17 heavy (non-hydrogen) atoms. The normalized spacial score (nSPS) is 39.5. The van der Waals surface area contributed by atoms with Gasteiger partial charge in [0.1, 0.15) is 0 Å². The molecule has 1 N–H and O–H groups in total. The van der Waals surface area contributed by atoms with Crippen molar-refractivity contribution in [3.63, 3.8) is 0 Å². The van der Waals surface area contributed by atoms with Gasteiger partial charge in [0.15, 0.2) is 0 Å². The molecule has 2 fully saturated rings. The molecule has 0 bridgehead atoms. The molecule has 2 nitrogen and oxygen atoms in total. The van der Waals surface area contributed by atoms with E-state index in [2.05, 4.69) is 31.0 Å². The fraction of sp³-hybridized carbons (Fsp3) is 1.00. The highest BCUT2D eigenvalue weighted by molar-refractivity contribution is 4.88. The minimum absolute atomic E-state index is 0.798. The van der Waals surface area contributed by atoms with Gasteiger partial charge in [-0.3, -0.25) is 4.90 Å². The summed E-state index contributed by atoms with van der Waals surface area (Å²) in [5.74, 6) is 1.83. The van der Waals surface area contributed by atoms with Crippen molar-refractivity contribution in [3.05, 3.63) is 0 Å². The smallest absolute Gasteiger partial charge is 0.0224 e. The first-order chi connectivity index (χ1) is 8.22. The van der Waals surface area contributed by atoms with Crippen molar-refractivity contribution in [2.75, 3.05) is 19.6 Å². The van der Waals surface area contributed by atoms with Crippen molar-refractivity contribution in [1.82, 2.24) is 10.2 Å². The second-order valence-corrected chi connectivity index (χ2v) is 6.29. The third kappa shape index (κ3) is 3.23. The number of nitrogens with one attached hydrogen (secondary N) is 1. The Kier molecular flexibility index (Phi) is 4.87. The summed E-state index contributed by atoms with van der Waals surface area (Å²) in [6, 6.07) is 1.64. The predicted molar refractivity (Wildman–Crippen MR) is 74.2 cm³/mol. The molecule has 1 aliphatic heterocycles. The van der Waals surface area contributed by atoms with E-state index in [1.807, 2.05) is 0 Å². The first kappa shape index (κ1) is 13.4. The van der Waals surface area contributed by atoms with E-state index in [9.17, 15) is 0 Å². The lowest BCUT2D eigenvalue weighted by Gasteiger charge is -2.45. The highest BCUT2D eigenvalue weighted by atomic mass is 15.2. The summed E-state index contributed by atoms with van der Waals surface area (Å²) in [5, 5.41) is 3.57. The van der Waals surface area contributed by atoms with E-state index in [0.29, 0.717) is 0 Å². The molecule has 1 aliphatic carbocycles. The molecule has 0 aromatic heterocycles. The van der Waals surface area contributed by atoms with Gasteiger partial charge in [0.2, 0.25) is 0 Å². The molecule has 0 spiro atoms. The zero-order chi connectivity index (χ0) is 12.3. The molecule has 1 saturated heterocycles. The predicted octanol–water partition coefficient (Wildman–Crippen LogP) is 2.89. The number of likely N-dealkylation sites (N-methyl/N-ethyl adjacent to an activating group) is 1. The average molecular weight is 238 g/mol. The van der Waals surface area contributed by atoms with Crippen molar-refractivity contribution in [3.8, 4) is 0 Å². The van der Waals surface area contributed by atoms with Gasteiger partial charge in [-0.25, -0.2) is 0 Å². The third-order valence-corrected chi connectivity index (χ3v) is 4.95. The van der Waals surface area contributed by atoms with Gasteiger partial charge in [-0.05, 0) is 50.6 Å². The highest BCUT2D eigenvalue weighted by Gasteiger charge is 2.33. The van der Waals surface area contributed by atoms with E-state index in [0.717, 1.165) is 23.9 Å². The van der Waals surface area contributed by atoms with Crippen LogP contribution in [0.3, 0.4) is 0 Å². The molecule has 0 radical (unpaired) electrons. The first-order valence-electron chi connectivity index (χ1n) is 7.68. The van der Waals surface area contributed by atoms with Crippen LogP contribution >= 0.6 is 0 Å². The Hall–Kier alpha value is -0.0800. The molecule has 4 unspecified atom stereocenters. The molecule has 2 rings (SSSR count). The summed E-state index contributed by atoms with van der Waals surface area (Å²) in [5.41, 5.74) is 0. The van der Waals surface area contributed by atoms with Crippen molar-refractivity contribution < 1.29 is 0 Å². The van der Waals surface area contributed by atoms with Crippen LogP contribution in [0.2, 0.25) is 0 Å². The zero-order valence-corrected chi connectivity index (χ0v) is 11.9. The van der Waals surface area contributed by atoms with Gasteiger partial charge in [-0.15, -0.1) is 0 Å². The van der Waals surface area contributed by atoms with Gasteiger partial charge in [0.05, 0.1) is 0 Å². The highest BCUT2D eigenvalue weighted by Crippen LogP contribution is 2.33. The Balaban J connectivity index is 1.99. The van der Waals surface area contributed by atoms with Crippen molar-refractivity contribution in [1.29, 1.82) is 0 Å². The molecule has 2 heteroatoms. The lowest BCUT2D eigenvalue weighted by atomic mass is 9.78. The van der Waals surface area contributed by atoms with Gasteiger partial charge >= 0.3 is 0 Å². The summed E-state index contributed by atoms with van der Waals surface area (Å²) >= 11 is 0. The van der Waals surface area contributed by atoms with Crippen LogP contribution < -0.4 is 5.32 Å². The van der Waals surface area contributed by atoms with Crippen LogP contribution in [0.4, 0.5) is 0 Å². The average Bonchev–Trinajstić information content (AvgIpc) is 2.36. The summed E-state index contributed by atoms with van der Waals surface area (Å²) in [6.45, 7) is 10.9. The molecule has 0 aromatic carbocycles. The SMILES string of the molecule is CCN(C1CCCNC1)C1CC(C)CCC1C. The largest absolute Gasteiger partial charge is 0.315 e. The Morgan fingerprint density at radius 3 is 2.65 bits per heavy atom. The fourth-order valence-corrected chi connectivity index (χ4v) is 3.84. The van der Waals surface area contributed by atoms with Gasteiger partial charge in [-0.2, -0.15) is 0 Å². The first-order valence-corrected chi connectivity index (χ1v) is 7.68. The number of rotatable bonds is 3. The maximum atomic E-state index is 3.57. The molecule has 1 heterocycles. The van der Waals surface area contributed by atoms with E-state index < -0.39 is 0 Å². The van der Waals surface area contributed by atoms with Gasteiger partial charge < -0.3 is 5.32 Å². The monoisotopic (exact) mass is 238 g/mol. The lowest BCUT2D eigenvalue weighted by molar-refractivity contribution is 0.0477. The molecular weight excluding hydrogens is 208 g/mol. The lowest BCUT2D eigenvalue weighted by Crippen LogP contribution is -2.53. The number of nitrogens with zero attached hydrogens (tertiary/aromatic N) is 1. The Labute approximate surface area is 107 Å². The fourth-order valence-electron chi connectivity index (χ4n) is 3.84. The minimum atomic E-state index is 0.798.